The number of likely N-dealkylation sites (tertiary alicyclic amines) is 1. The molecule has 177 valence electrons. The van der Waals surface area contributed by atoms with E-state index in [0.717, 1.165) is 55.2 Å². The highest BCUT2D eigenvalue weighted by atomic mass is 19.4. The number of hydrogen-bond donors (Lipinski definition) is 3. The molecule has 2 aliphatic rings. The normalized spacial score (nSPS) is 19.4. The van der Waals surface area contributed by atoms with Gasteiger partial charge in [0.05, 0.1) is 5.69 Å². The van der Waals surface area contributed by atoms with E-state index in [4.69, 9.17) is 5.73 Å². The number of alkyl halides is 3. The average molecular weight is 459 g/mol. The summed E-state index contributed by atoms with van der Waals surface area (Å²) in [7, 11) is 0. The Kier molecular flexibility index (Phi) is 6.83. The van der Waals surface area contributed by atoms with Crippen LogP contribution in [0.25, 0.3) is 5.57 Å². The minimum atomic E-state index is -4.52. The van der Waals surface area contributed by atoms with Gasteiger partial charge in [-0.25, -0.2) is 4.98 Å². The minimum Gasteiger partial charge on any atom is -0.385 e. The lowest BCUT2D eigenvalue weighted by Crippen LogP contribution is -2.45. The molecule has 1 aromatic heterocycles. The van der Waals surface area contributed by atoms with Crippen molar-refractivity contribution in [2.24, 2.45) is 11.7 Å². The fraction of sp³-hybridized carbons (Fsp3) is 0.480. The number of halogens is 3. The van der Waals surface area contributed by atoms with Crippen LogP contribution in [0, 0.1) is 12.0 Å². The summed E-state index contributed by atoms with van der Waals surface area (Å²) in [6, 6.07) is 11.5. The first kappa shape index (κ1) is 23.4. The fourth-order valence-electron chi connectivity index (χ4n) is 4.68. The molecule has 8 heteroatoms. The summed E-state index contributed by atoms with van der Waals surface area (Å²) in [4.78, 5) is 6.44. The highest BCUT2D eigenvalue weighted by Crippen LogP contribution is 2.36. The summed E-state index contributed by atoms with van der Waals surface area (Å²) in [5.41, 5.74) is 8.49. The molecule has 33 heavy (non-hydrogen) atoms. The van der Waals surface area contributed by atoms with Gasteiger partial charge in [0.2, 0.25) is 0 Å². The van der Waals surface area contributed by atoms with Crippen molar-refractivity contribution in [2.75, 3.05) is 30.3 Å². The topological polar surface area (TPSA) is 66.2 Å². The smallest absolute Gasteiger partial charge is 0.385 e. The van der Waals surface area contributed by atoms with Crippen LogP contribution in [0.1, 0.15) is 49.9 Å². The third kappa shape index (κ3) is 5.43. The first-order valence-corrected chi connectivity index (χ1v) is 11.5. The summed E-state index contributed by atoms with van der Waals surface area (Å²) >= 11 is 0. The summed E-state index contributed by atoms with van der Waals surface area (Å²) in [6.45, 7) is 6.91. The Morgan fingerprint density at radius 3 is 2.85 bits per heavy atom. The number of nitrogens with one attached hydrogen (secondary N) is 2. The van der Waals surface area contributed by atoms with Crippen molar-refractivity contribution in [1.82, 2.24) is 9.88 Å². The van der Waals surface area contributed by atoms with Crippen LogP contribution in [0.3, 0.4) is 0 Å². The maximum absolute atomic E-state index is 13.5. The maximum Gasteiger partial charge on any atom is 0.433 e. The minimum absolute atomic E-state index is 0.225. The Hall–Kier alpha value is -2.74. The highest BCUT2D eigenvalue weighted by molar-refractivity contribution is 5.83. The monoisotopic (exact) mass is 458 g/mol. The third-order valence-corrected chi connectivity index (χ3v) is 6.26. The zero-order valence-electron chi connectivity index (χ0n) is 19.1. The Labute approximate surface area is 193 Å². The standard InChI is InChI=1S/C25H31F3N5/c1-16(2)15-33-12-6-5-8-18(33)14-30-24-19(10-11-22(32-24)25(26,27)28)20-13-17-7-3-4-9-21(17)31-23(20)29/h3-4,7,10-11,16,18,31H,5-6,8,12-15,29H2,1-2H3,(H,30,32). The molecule has 3 heterocycles. The van der Waals surface area contributed by atoms with Gasteiger partial charge in [-0.3, -0.25) is 4.90 Å². The van der Waals surface area contributed by atoms with E-state index < -0.39 is 11.9 Å². The second-order valence-electron chi connectivity index (χ2n) is 9.27. The molecule has 0 aliphatic carbocycles. The van der Waals surface area contributed by atoms with Crippen molar-refractivity contribution in [1.29, 1.82) is 0 Å². The first-order chi connectivity index (χ1) is 15.7. The lowest BCUT2D eigenvalue weighted by Gasteiger charge is -2.37. The molecule has 2 aliphatic heterocycles. The van der Waals surface area contributed by atoms with E-state index in [1.54, 1.807) is 6.07 Å². The zero-order valence-corrected chi connectivity index (χ0v) is 19.1. The number of anilines is 2. The summed E-state index contributed by atoms with van der Waals surface area (Å²) in [6.07, 6.45) is -0.726. The molecule has 0 saturated carbocycles. The Bertz CT molecular complexity index is 1020. The van der Waals surface area contributed by atoms with E-state index >= 15 is 0 Å². The van der Waals surface area contributed by atoms with Crippen molar-refractivity contribution in [3.05, 3.63) is 59.0 Å². The molecule has 2 aromatic rings. The van der Waals surface area contributed by atoms with Crippen molar-refractivity contribution in [3.8, 4) is 0 Å². The molecule has 4 rings (SSSR count). The van der Waals surface area contributed by atoms with Gasteiger partial charge in [-0.15, -0.1) is 0 Å². The maximum atomic E-state index is 13.5. The molecule has 4 N–H and O–H groups in total. The Morgan fingerprint density at radius 2 is 2.09 bits per heavy atom. The van der Waals surface area contributed by atoms with Crippen LogP contribution in [0.2, 0.25) is 0 Å². The number of aromatic nitrogens is 1. The Morgan fingerprint density at radius 1 is 1.27 bits per heavy atom. The van der Waals surface area contributed by atoms with E-state index in [2.05, 4.69) is 40.4 Å². The summed E-state index contributed by atoms with van der Waals surface area (Å²) < 4.78 is 40.4. The van der Waals surface area contributed by atoms with E-state index in [-0.39, 0.29) is 11.9 Å². The van der Waals surface area contributed by atoms with E-state index in [1.165, 1.54) is 6.07 Å². The largest absolute Gasteiger partial charge is 0.433 e. The summed E-state index contributed by atoms with van der Waals surface area (Å²) in [5, 5.41) is 6.39. The second kappa shape index (κ2) is 9.63. The van der Waals surface area contributed by atoms with Crippen LogP contribution >= 0.6 is 0 Å². The predicted octanol–water partition coefficient (Wildman–Crippen LogP) is 5.12. The average Bonchev–Trinajstić information content (AvgIpc) is 2.77. The van der Waals surface area contributed by atoms with Gasteiger partial charge in [-0.05, 0) is 43.0 Å². The molecule has 1 atom stereocenters. The molecular weight excluding hydrogens is 427 g/mol. The van der Waals surface area contributed by atoms with Crippen molar-refractivity contribution in [2.45, 2.75) is 51.7 Å². The zero-order chi connectivity index (χ0) is 23.6. The molecule has 1 saturated heterocycles. The second-order valence-corrected chi connectivity index (χ2v) is 9.27. The number of pyridine rings is 1. The van der Waals surface area contributed by atoms with Crippen LogP contribution in [0.4, 0.5) is 24.7 Å². The van der Waals surface area contributed by atoms with E-state index in [9.17, 15) is 13.2 Å². The van der Waals surface area contributed by atoms with Gasteiger partial charge in [0.1, 0.15) is 17.3 Å². The van der Waals surface area contributed by atoms with Crippen LogP contribution in [0.5, 0.6) is 0 Å². The van der Waals surface area contributed by atoms with Gasteiger partial charge in [-0.2, -0.15) is 13.2 Å². The van der Waals surface area contributed by atoms with Crippen LogP contribution in [-0.4, -0.2) is 35.6 Å². The fourth-order valence-corrected chi connectivity index (χ4v) is 4.68. The third-order valence-electron chi connectivity index (χ3n) is 6.26. The molecule has 0 bridgehead atoms. The van der Waals surface area contributed by atoms with Crippen LogP contribution in [0.15, 0.2) is 36.2 Å². The molecule has 0 spiro atoms. The van der Waals surface area contributed by atoms with Crippen molar-refractivity contribution in [3.63, 3.8) is 0 Å². The van der Waals surface area contributed by atoms with E-state index in [0.29, 0.717) is 30.3 Å². The highest BCUT2D eigenvalue weighted by Gasteiger charge is 2.34. The number of nitrogens with zero attached hydrogens (tertiary/aromatic N) is 2. The number of allylic oxidation sites excluding steroid dienone is 1. The van der Waals surface area contributed by atoms with Gasteiger partial charge >= 0.3 is 6.18 Å². The number of nitrogens with two attached hydrogens (primary N) is 1. The van der Waals surface area contributed by atoms with E-state index in [1.807, 2.05) is 12.1 Å². The number of para-hydroxylation sites is 1. The predicted molar refractivity (Wildman–Crippen MR) is 125 cm³/mol. The van der Waals surface area contributed by atoms with Crippen LogP contribution < -0.4 is 16.4 Å². The lowest BCUT2D eigenvalue weighted by atomic mass is 9.94. The van der Waals surface area contributed by atoms with Crippen LogP contribution in [-0.2, 0) is 12.6 Å². The molecular formula is C25H31F3N5. The number of piperidine rings is 1. The lowest BCUT2D eigenvalue weighted by molar-refractivity contribution is -0.141. The van der Waals surface area contributed by atoms with Gasteiger partial charge in [0, 0.05) is 42.8 Å². The van der Waals surface area contributed by atoms with Gasteiger partial charge in [-0.1, -0.05) is 38.5 Å². The molecule has 1 unspecified atom stereocenters. The molecule has 1 fully saturated rings. The number of hydrogen-bond acceptors (Lipinski definition) is 5. The van der Waals surface area contributed by atoms with Gasteiger partial charge < -0.3 is 16.4 Å². The Balaban J connectivity index is 1.63. The van der Waals surface area contributed by atoms with Gasteiger partial charge in [0.15, 0.2) is 0 Å². The SMILES string of the molecule is CC(C)CN1CCCCC1CNc1nc(C(F)(F)F)ccc1C1=C(N)Nc2[c]cccc2C1. The number of rotatable bonds is 6. The number of fused-ring (bicyclic) bond motifs is 1. The van der Waals surface area contributed by atoms with Crippen molar-refractivity contribution >= 4 is 17.1 Å². The molecule has 5 nitrogen and oxygen atoms in total. The van der Waals surface area contributed by atoms with Gasteiger partial charge in [0.25, 0.3) is 0 Å². The molecule has 0 amide bonds. The number of benzene rings is 1. The first-order valence-electron chi connectivity index (χ1n) is 11.5. The molecule has 1 radical (unpaired) electrons. The summed E-state index contributed by atoms with van der Waals surface area (Å²) in [5.74, 6) is 1.17. The molecule has 1 aromatic carbocycles. The quantitative estimate of drug-likeness (QED) is 0.561. The van der Waals surface area contributed by atoms with Crippen molar-refractivity contribution < 1.29 is 13.2 Å².